The number of piperazine rings is 1. The molecule has 0 amide bonds. The predicted molar refractivity (Wildman–Crippen MR) is 86.0 cm³/mol. The molecular formula is C18H34N2. The molecule has 0 aromatic rings. The quantitative estimate of drug-likeness (QED) is 0.837. The van der Waals surface area contributed by atoms with Crippen LogP contribution in [0.5, 0.6) is 0 Å². The monoisotopic (exact) mass is 278 g/mol. The first kappa shape index (κ1) is 14.8. The summed E-state index contributed by atoms with van der Waals surface area (Å²) >= 11 is 0. The summed E-state index contributed by atoms with van der Waals surface area (Å²) in [6.07, 6.45) is 14.3. The third-order valence-electron chi connectivity index (χ3n) is 6.79. The van der Waals surface area contributed by atoms with Gasteiger partial charge in [-0.2, -0.15) is 0 Å². The second-order valence-electron chi connectivity index (χ2n) is 7.80. The maximum Gasteiger partial charge on any atom is 0.0329 e. The third-order valence-corrected chi connectivity index (χ3v) is 6.79. The van der Waals surface area contributed by atoms with E-state index < -0.39 is 0 Å². The van der Waals surface area contributed by atoms with E-state index in [0.29, 0.717) is 11.1 Å². The highest BCUT2D eigenvalue weighted by Gasteiger charge is 2.47. The Morgan fingerprint density at radius 2 is 1.65 bits per heavy atom. The zero-order valence-corrected chi connectivity index (χ0v) is 13.7. The van der Waals surface area contributed by atoms with Gasteiger partial charge in [-0.25, -0.2) is 0 Å². The number of nitrogens with zero attached hydrogens (tertiary/aromatic N) is 1. The molecule has 116 valence electrons. The van der Waals surface area contributed by atoms with Crippen LogP contribution in [-0.4, -0.2) is 35.6 Å². The zero-order chi connectivity index (χ0) is 14.1. The van der Waals surface area contributed by atoms with Crippen LogP contribution in [0.1, 0.15) is 78.1 Å². The minimum absolute atomic E-state index is 0.441. The standard InChI is InChI=1S/C18H34N2/c1-3-18(4-2)14-19-17(11-7-8-12-17)15-20(18)13-16-9-5-6-10-16/h16,19H,3-15H2,1-2H3. The van der Waals surface area contributed by atoms with Gasteiger partial charge in [-0.1, -0.05) is 39.5 Å². The fourth-order valence-electron chi connectivity index (χ4n) is 5.15. The largest absolute Gasteiger partial charge is 0.308 e. The van der Waals surface area contributed by atoms with Crippen molar-refractivity contribution in [3.05, 3.63) is 0 Å². The number of rotatable bonds is 4. The maximum absolute atomic E-state index is 4.00. The van der Waals surface area contributed by atoms with Crippen LogP contribution in [0.15, 0.2) is 0 Å². The number of hydrogen-bond donors (Lipinski definition) is 1. The summed E-state index contributed by atoms with van der Waals surface area (Å²) < 4.78 is 0. The van der Waals surface area contributed by atoms with Gasteiger partial charge in [-0.3, -0.25) is 4.90 Å². The van der Waals surface area contributed by atoms with Gasteiger partial charge in [0.05, 0.1) is 0 Å². The van der Waals surface area contributed by atoms with Crippen LogP contribution in [0.3, 0.4) is 0 Å². The Balaban J connectivity index is 1.74. The summed E-state index contributed by atoms with van der Waals surface area (Å²) in [5.41, 5.74) is 0.920. The molecule has 1 spiro atoms. The first-order valence-electron chi connectivity index (χ1n) is 9.22. The molecule has 1 heterocycles. The van der Waals surface area contributed by atoms with Gasteiger partial charge in [0.25, 0.3) is 0 Å². The van der Waals surface area contributed by atoms with E-state index in [-0.39, 0.29) is 0 Å². The summed E-state index contributed by atoms with van der Waals surface area (Å²) in [6.45, 7) is 8.74. The predicted octanol–water partition coefficient (Wildman–Crippen LogP) is 3.95. The van der Waals surface area contributed by atoms with E-state index >= 15 is 0 Å². The molecule has 1 saturated heterocycles. The Morgan fingerprint density at radius 1 is 1.00 bits per heavy atom. The average Bonchev–Trinajstić information content (AvgIpc) is 3.13. The zero-order valence-electron chi connectivity index (χ0n) is 13.7. The molecule has 3 aliphatic rings. The number of hydrogen-bond acceptors (Lipinski definition) is 2. The first-order valence-corrected chi connectivity index (χ1v) is 9.22. The van der Waals surface area contributed by atoms with E-state index in [9.17, 15) is 0 Å². The van der Waals surface area contributed by atoms with Crippen LogP contribution in [0.4, 0.5) is 0 Å². The molecule has 0 aromatic carbocycles. The fourth-order valence-corrected chi connectivity index (χ4v) is 5.15. The molecular weight excluding hydrogens is 244 g/mol. The molecule has 3 fully saturated rings. The summed E-state index contributed by atoms with van der Waals surface area (Å²) in [6, 6.07) is 0. The van der Waals surface area contributed by atoms with Crippen molar-refractivity contribution in [2.45, 2.75) is 89.1 Å². The van der Waals surface area contributed by atoms with Crippen LogP contribution in [0.25, 0.3) is 0 Å². The van der Waals surface area contributed by atoms with Gasteiger partial charge in [0.1, 0.15) is 0 Å². The summed E-state index contributed by atoms with van der Waals surface area (Å²) in [4.78, 5) is 2.94. The van der Waals surface area contributed by atoms with Gasteiger partial charge in [-0.15, -0.1) is 0 Å². The van der Waals surface area contributed by atoms with E-state index in [4.69, 9.17) is 0 Å². The molecule has 0 aromatic heterocycles. The lowest BCUT2D eigenvalue weighted by Gasteiger charge is -2.54. The van der Waals surface area contributed by atoms with Crippen molar-refractivity contribution in [3.8, 4) is 0 Å². The van der Waals surface area contributed by atoms with Gasteiger partial charge < -0.3 is 5.32 Å². The van der Waals surface area contributed by atoms with Crippen LogP contribution < -0.4 is 5.32 Å². The van der Waals surface area contributed by atoms with Crippen LogP contribution in [0, 0.1) is 5.92 Å². The molecule has 1 N–H and O–H groups in total. The van der Waals surface area contributed by atoms with Gasteiger partial charge >= 0.3 is 0 Å². The van der Waals surface area contributed by atoms with Gasteiger partial charge in [0, 0.05) is 30.7 Å². The van der Waals surface area contributed by atoms with Crippen molar-refractivity contribution in [1.82, 2.24) is 10.2 Å². The van der Waals surface area contributed by atoms with Crippen molar-refractivity contribution in [2.75, 3.05) is 19.6 Å². The molecule has 3 rings (SSSR count). The molecule has 2 heteroatoms. The second kappa shape index (κ2) is 5.96. The molecule has 20 heavy (non-hydrogen) atoms. The van der Waals surface area contributed by atoms with Crippen molar-refractivity contribution < 1.29 is 0 Å². The van der Waals surface area contributed by atoms with E-state index in [1.165, 1.54) is 83.8 Å². The second-order valence-corrected chi connectivity index (χ2v) is 7.80. The highest BCUT2D eigenvalue weighted by molar-refractivity contribution is 5.06. The maximum atomic E-state index is 4.00. The Hall–Kier alpha value is -0.0800. The van der Waals surface area contributed by atoms with E-state index in [1.54, 1.807) is 0 Å². The molecule has 1 aliphatic heterocycles. The van der Waals surface area contributed by atoms with E-state index in [1.807, 2.05) is 0 Å². The topological polar surface area (TPSA) is 15.3 Å². The Morgan fingerprint density at radius 3 is 2.25 bits per heavy atom. The summed E-state index contributed by atoms with van der Waals surface area (Å²) in [5, 5.41) is 4.00. The molecule has 2 aliphatic carbocycles. The molecule has 2 saturated carbocycles. The van der Waals surface area contributed by atoms with Gasteiger partial charge in [0.2, 0.25) is 0 Å². The minimum atomic E-state index is 0.441. The van der Waals surface area contributed by atoms with Crippen molar-refractivity contribution >= 4 is 0 Å². The van der Waals surface area contributed by atoms with Crippen LogP contribution >= 0.6 is 0 Å². The van der Waals surface area contributed by atoms with Crippen LogP contribution in [-0.2, 0) is 0 Å². The Labute approximate surface area is 125 Å². The summed E-state index contributed by atoms with van der Waals surface area (Å²) in [7, 11) is 0. The van der Waals surface area contributed by atoms with E-state index in [2.05, 4.69) is 24.1 Å². The molecule has 2 nitrogen and oxygen atoms in total. The highest BCUT2D eigenvalue weighted by Crippen LogP contribution is 2.39. The van der Waals surface area contributed by atoms with Crippen molar-refractivity contribution in [3.63, 3.8) is 0 Å². The lowest BCUT2D eigenvalue weighted by Crippen LogP contribution is -2.69. The number of nitrogens with one attached hydrogen (secondary N) is 1. The molecule has 0 radical (unpaired) electrons. The molecule has 0 bridgehead atoms. The van der Waals surface area contributed by atoms with Gasteiger partial charge in [0.15, 0.2) is 0 Å². The fraction of sp³-hybridized carbons (Fsp3) is 1.00. The lowest BCUT2D eigenvalue weighted by molar-refractivity contribution is -0.0101. The smallest absolute Gasteiger partial charge is 0.0329 e. The lowest BCUT2D eigenvalue weighted by atomic mass is 9.81. The van der Waals surface area contributed by atoms with Gasteiger partial charge in [-0.05, 0) is 44.4 Å². The summed E-state index contributed by atoms with van der Waals surface area (Å²) in [5.74, 6) is 0.990. The Kier molecular flexibility index (Phi) is 4.42. The van der Waals surface area contributed by atoms with Crippen molar-refractivity contribution in [2.24, 2.45) is 5.92 Å². The molecule has 0 atom stereocenters. The van der Waals surface area contributed by atoms with Crippen molar-refractivity contribution in [1.29, 1.82) is 0 Å². The normalized spacial score (nSPS) is 30.3. The minimum Gasteiger partial charge on any atom is -0.308 e. The third kappa shape index (κ3) is 2.66. The first-order chi connectivity index (χ1) is 9.72. The highest BCUT2D eigenvalue weighted by atomic mass is 15.3. The Bertz CT molecular complexity index is 309. The average molecular weight is 278 g/mol. The van der Waals surface area contributed by atoms with Crippen LogP contribution in [0.2, 0.25) is 0 Å². The SMILES string of the molecule is CCC1(CC)CNC2(CCCC2)CN1CC1CCCC1. The van der Waals surface area contributed by atoms with E-state index in [0.717, 1.165) is 5.92 Å². The molecule has 0 unspecified atom stereocenters.